The number of hydrogen-bond donors (Lipinski definition) is 1. The lowest BCUT2D eigenvalue weighted by atomic mass is 10.1. The van der Waals surface area contributed by atoms with Crippen LogP contribution in [0.1, 0.15) is 32.1 Å². The van der Waals surface area contributed by atoms with Crippen LogP contribution in [0, 0.1) is 0 Å². The van der Waals surface area contributed by atoms with Crippen molar-refractivity contribution in [1.82, 2.24) is 4.90 Å². The third-order valence-electron chi connectivity index (χ3n) is 5.74. The number of carbonyl (C=O) groups is 3. The normalized spacial score (nSPS) is 19.4. The first-order valence-electron chi connectivity index (χ1n) is 10.2. The number of nitrogens with zero attached hydrogens (tertiary/aromatic N) is 2. The minimum absolute atomic E-state index is 0.00560. The number of ether oxygens (including phenoxy) is 1. The van der Waals surface area contributed by atoms with Crippen LogP contribution in [0.15, 0.2) is 54.6 Å². The molecule has 0 bridgehead atoms. The molecule has 4 rings (SSSR count). The molecule has 7 nitrogen and oxygen atoms in total. The standard InChI is InChI=1S/C23H25N3O4/c1-30-19-13-11-16(12-14-19)24-21(27)15-20-22(28)26(18-7-3-2-4-8-18)23(29)25(20)17-9-5-6-10-17/h2-4,7-8,11-14,17,20H,5-6,9-10,15H2,1H3,(H,24,27). The first-order valence-corrected chi connectivity index (χ1v) is 10.2. The van der Waals surface area contributed by atoms with Crippen LogP contribution >= 0.6 is 0 Å². The summed E-state index contributed by atoms with van der Waals surface area (Å²) in [7, 11) is 1.58. The number of carbonyl (C=O) groups excluding carboxylic acids is 3. The van der Waals surface area contributed by atoms with Crippen LogP contribution in [0.25, 0.3) is 0 Å². The number of para-hydroxylation sites is 1. The number of amides is 4. The molecule has 2 fully saturated rings. The fourth-order valence-corrected chi connectivity index (χ4v) is 4.27. The van der Waals surface area contributed by atoms with Gasteiger partial charge in [0.15, 0.2) is 0 Å². The Kier molecular flexibility index (Phi) is 5.70. The van der Waals surface area contributed by atoms with Gasteiger partial charge in [-0.15, -0.1) is 0 Å². The quantitative estimate of drug-likeness (QED) is 0.739. The van der Waals surface area contributed by atoms with Crippen molar-refractivity contribution in [2.45, 2.75) is 44.2 Å². The molecule has 1 saturated carbocycles. The molecule has 30 heavy (non-hydrogen) atoms. The van der Waals surface area contributed by atoms with Crippen molar-refractivity contribution in [3.63, 3.8) is 0 Å². The molecule has 2 aliphatic rings. The number of nitrogens with one attached hydrogen (secondary N) is 1. The van der Waals surface area contributed by atoms with E-state index < -0.39 is 6.04 Å². The van der Waals surface area contributed by atoms with Crippen LogP contribution in [0.3, 0.4) is 0 Å². The summed E-state index contributed by atoms with van der Waals surface area (Å²) in [6.07, 6.45) is 3.70. The Labute approximate surface area is 175 Å². The van der Waals surface area contributed by atoms with Crippen molar-refractivity contribution in [2.24, 2.45) is 0 Å². The van der Waals surface area contributed by atoms with Crippen molar-refractivity contribution >= 4 is 29.2 Å². The molecule has 0 spiro atoms. The average Bonchev–Trinajstić information content (AvgIpc) is 3.36. The maximum absolute atomic E-state index is 13.2. The van der Waals surface area contributed by atoms with E-state index in [1.807, 2.05) is 6.07 Å². The molecule has 1 saturated heterocycles. The first-order chi connectivity index (χ1) is 14.6. The summed E-state index contributed by atoms with van der Waals surface area (Å²) in [5.74, 6) is 0.0442. The number of benzene rings is 2. The summed E-state index contributed by atoms with van der Waals surface area (Å²) < 4.78 is 5.13. The summed E-state index contributed by atoms with van der Waals surface area (Å²) in [4.78, 5) is 42.0. The highest BCUT2D eigenvalue weighted by molar-refractivity contribution is 6.22. The molecular weight excluding hydrogens is 382 g/mol. The number of rotatable bonds is 6. The lowest BCUT2D eigenvalue weighted by Crippen LogP contribution is -2.43. The molecule has 0 aromatic heterocycles. The molecular formula is C23H25N3O4. The Balaban J connectivity index is 1.54. The summed E-state index contributed by atoms with van der Waals surface area (Å²) >= 11 is 0. The van der Waals surface area contributed by atoms with Gasteiger partial charge in [-0.25, -0.2) is 9.69 Å². The topological polar surface area (TPSA) is 79.0 Å². The highest BCUT2D eigenvalue weighted by atomic mass is 16.5. The lowest BCUT2D eigenvalue weighted by molar-refractivity contribution is -0.124. The van der Waals surface area contributed by atoms with Gasteiger partial charge in [-0.2, -0.15) is 0 Å². The van der Waals surface area contributed by atoms with E-state index in [0.717, 1.165) is 25.7 Å². The van der Waals surface area contributed by atoms with Crippen molar-refractivity contribution in [1.29, 1.82) is 0 Å². The van der Waals surface area contributed by atoms with E-state index in [1.54, 1.807) is 60.5 Å². The van der Waals surface area contributed by atoms with Gasteiger partial charge in [-0.05, 0) is 49.2 Å². The number of hydrogen-bond acceptors (Lipinski definition) is 4. The highest BCUT2D eigenvalue weighted by Gasteiger charge is 2.49. The van der Waals surface area contributed by atoms with E-state index in [2.05, 4.69) is 5.32 Å². The van der Waals surface area contributed by atoms with Crippen LogP contribution in [0.2, 0.25) is 0 Å². The fraction of sp³-hybridized carbons (Fsp3) is 0.348. The van der Waals surface area contributed by atoms with E-state index in [1.165, 1.54) is 4.90 Å². The highest BCUT2D eigenvalue weighted by Crippen LogP contribution is 2.34. The Morgan fingerprint density at radius 1 is 1.03 bits per heavy atom. The third-order valence-corrected chi connectivity index (χ3v) is 5.74. The SMILES string of the molecule is COc1ccc(NC(=O)CC2C(=O)N(c3ccccc3)C(=O)N2C2CCCC2)cc1. The van der Waals surface area contributed by atoms with Gasteiger partial charge >= 0.3 is 6.03 Å². The van der Waals surface area contributed by atoms with E-state index in [9.17, 15) is 14.4 Å². The first kappa shape index (κ1) is 19.9. The second-order valence-electron chi connectivity index (χ2n) is 7.63. The second kappa shape index (κ2) is 8.57. The van der Waals surface area contributed by atoms with E-state index in [0.29, 0.717) is 17.1 Å². The van der Waals surface area contributed by atoms with Crippen LogP contribution in [0.5, 0.6) is 5.75 Å². The molecule has 1 atom stereocenters. The summed E-state index contributed by atoms with van der Waals surface area (Å²) in [5.41, 5.74) is 1.15. The fourth-order valence-electron chi connectivity index (χ4n) is 4.27. The lowest BCUT2D eigenvalue weighted by Gasteiger charge is -2.27. The molecule has 2 aromatic rings. The predicted octanol–water partition coefficient (Wildman–Crippen LogP) is 3.80. The maximum Gasteiger partial charge on any atom is 0.332 e. The summed E-state index contributed by atoms with van der Waals surface area (Å²) in [5, 5.41) is 2.82. The number of urea groups is 1. The molecule has 1 aliphatic carbocycles. The Morgan fingerprint density at radius 2 is 1.70 bits per heavy atom. The van der Waals surface area contributed by atoms with Gasteiger partial charge in [0, 0.05) is 11.7 Å². The largest absolute Gasteiger partial charge is 0.497 e. The molecule has 156 valence electrons. The van der Waals surface area contributed by atoms with E-state index >= 15 is 0 Å². The molecule has 2 aromatic carbocycles. The van der Waals surface area contributed by atoms with Crippen molar-refractivity contribution < 1.29 is 19.1 Å². The Morgan fingerprint density at radius 3 is 2.33 bits per heavy atom. The van der Waals surface area contributed by atoms with E-state index in [4.69, 9.17) is 4.74 Å². The zero-order chi connectivity index (χ0) is 21.1. The molecule has 7 heteroatoms. The minimum Gasteiger partial charge on any atom is -0.497 e. The van der Waals surface area contributed by atoms with E-state index in [-0.39, 0.29) is 30.3 Å². The van der Waals surface area contributed by atoms with Crippen LogP contribution in [0.4, 0.5) is 16.2 Å². The third kappa shape index (κ3) is 3.87. The average molecular weight is 407 g/mol. The monoisotopic (exact) mass is 407 g/mol. The maximum atomic E-state index is 13.2. The molecule has 1 N–H and O–H groups in total. The molecule has 1 heterocycles. The summed E-state index contributed by atoms with van der Waals surface area (Å²) in [6, 6.07) is 14.7. The zero-order valence-electron chi connectivity index (χ0n) is 16.9. The predicted molar refractivity (Wildman–Crippen MR) is 113 cm³/mol. The second-order valence-corrected chi connectivity index (χ2v) is 7.63. The van der Waals surface area contributed by atoms with Gasteiger partial charge in [0.05, 0.1) is 19.2 Å². The van der Waals surface area contributed by atoms with Crippen molar-refractivity contribution in [3.8, 4) is 5.75 Å². The van der Waals surface area contributed by atoms with Gasteiger partial charge < -0.3 is 15.0 Å². The van der Waals surface area contributed by atoms with Gasteiger partial charge in [0.25, 0.3) is 5.91 Å². The number of anilines is 2. The van der Waals surface area contributed by atoms with Crippen LogP contribution in [-0.2, 0) is 9.59 Å². The van der Waals surface area contributed by atoms with Crippen molar-refractivity contribution in [2.75, 3.05) is 17.3 Å². The van der Waals surface area contributed by atoms with Crippen molar-refractivity contribution in [3.05, 3.63) is 54.6 Å². The van der Waals surface area contributed by atoms with Crippen LogP contribution < -0.4 is 15.0 Å². The minimum atomic E-state index is -0.793. The molecule has 4 amide bonds. The van der Waals surface area contributed by atoms with Crippen LogP contribution in [-0.4, -0.2) is 41.9 Å². The molecule has 1 unspecified atom stereocenters. The number of methoxy groups -OCH3 is 1. The zero-order valence-corrected chi connectivity index (χ0v) is 16.9. The summed E-state index contributed by atoms with van der Waals surface area (Å²) in [6.45, 7) is 0. The number of imide groups is 1. The van der Waals surface area contributed by atoms with Gasteiger partial charge in [-0.1, -0.05) is 31.0 Å². The van der Waals surface area contributed by atoms with Gasteiger partial charge in [0.2, 0.25) is 5.91 Å². The molecule has 0 radical (unpaired) electrons. The Hall–Kier alpha value is -3.35. The molecule has 1 aliphatic heterocycles. The Bertz CT molecular complexity index is 923. The smallest absolute Gasteiger partial charge is 0.332 e. The van der Waals surface area contributed by atoms with Gasteiger partial charge in [-0.3, -0.25) is 9.59 Å². The van der Waals surface area contributed by atoms with Gasteiger partial charge in [0.1, 0.15) is 11.8 Å².